The van der Waals surface area contributed by atoms with Crippen LogP contribution in [0.4, 0.5) is 10.1 Å². The normalized spacial score (nSPS) is 11.1. The Morgan fingerprint density at radius 2 is 2.11 bits per heavy atom. The number of carbonyl (C=O) groups is 1. The molecule has 4 N–H and O–H groups in total. The number of primary sulfonamides is 1. The lowest BCUT2D eigenvalue weighted by atomic mass is 10.1. The zero-order valence-corrected chi connectivity index (χ0v) is 10.6. The summed E-state index contributed by atoms with van der Waals surface area (Å²) in [6.07, 6.45) is 0. The van der Waals surface area contributed by atoms with Crippen LogP contribution >= 0.6 is 0 Å². The van der Waals surface area contributed by atoms with E-state index in [1.54, 1.807) is 0 Å². The molecule has 0 aliphatic carbocycles. The first kappa shape index (κ1) is 14.4. The summed E-state index contributed by atoms with van der Waals surface area (Å²) in [5.74, 6) is -1.50. The highest BCUT2D eigenvalue weighted by molar-refractivity contribution is 7.89. The first-order valence-corrected chi connectivity index (χ1v) is 6.81. The quantitative estimate of drug-likeness (QED) is 0.697. The predicted octanol–water partition coefficient (Wildman–Crippen LogP) is -0.114. The van der Waals surface area contributed by atoms with E-state index >= 15 is 0 Å². The SMILES string of the molecule is CNc1c(F)cccc1C(=O)NCCS(N)(=O)=O. The standard InChI is InChI=1S/C10H14FN3O3S/c1-13-9-7(3-2-4-8(9)11)10(15)14-5-6-18(12,16)17/h2-4,13H,5-6H2,1H3,(H,14,15)(H2,12,16,17). The van der Waals surface area contributed by atoms with Gasteiger partial charge in [0.1, 0.15) is 5.82 Å². The Balaban J connectivity index is 2.76. The monoisotopic (exact) mass is 275 g/mol. The molecule has 0 aliphatic heterocycles. The summed E-state index contributed by atoms with van der Waals surface area (Å²) in [5.41, 5.74) is 0.164. The molecule has 0 atom stereocenters. The minimum atomic E-state index is -3.63. The molecule has 1 aromatic carbocycles. The first-order valence-electron chi connectivity index (χ1n) is 5.10. The minimum Gasteiger partial charge on any atom is -0.385 e. The summed E-state index contributed by atoms with van der Waals surface area (Å²) in [7, 11) is -2.14. The average Bonchev–Trinajstić information content (AvgIpc) is 2.26. The fourth-order valence-electron chi connectivity index (χ4n) is 1.37. The number of carbonyl (C=O) groups excluding carboxylic acids is 1. The third kappa shape index (κ3) is 3.97. The average molecular weight is 275 g/mol. The van der Waals surface area contributed by atoms with Gasteiger partial charge < -0.3 is 10.6 Å². The Morgan fingerprint density at radius 1 is 1.44 bits per heavy atom. The molecule has 0 fully saturated rings. The lowest BCUT2D eigenvalue weighted by molar-refractivity contribution is 0.0956. The number of hydrogen-bond donors (Lipinski definition) is 3. The molecular weight excluding hydrogens is 261 g/mol. The van der Waals surface area contributed by atoms with E-state index in [4.69, 9.17) is 5.14 Å². The van der Waals surface area contributed by atoms with Crippen molar-refractivity contribution in [1.29, 1.82) is 0 Å². The minimum absolute atomic E-state index is 0.0607. The van der Waals surface area contributed by atoms with Crippen LogP contribution in [0, 0.1) is 5.82 Å². The molecule has 0 saturated heterocycles. The van der Waals surface area contributed by atoms with Gasteiger partial charge in [0.2, 0.25) is 10.0 Å². The van der Waals surface area contributed by atoms with E-state index < -0.39 is 21.7 Å². The van der Waals surface area contributed by atoms with Gasteiger partial charge in [-0.15, -0.1) is 0 Å². The number of amides is 1. The third-order valence-electron chi connectivity index (χ3n) is 2.18. The van der Waals surface area contributed by atoms with Crippen molar-refractivity contribution in [2.75, 3.05) is 24.7 Å². The van der Waals surface area contributed by atoms with E-state index in [0.29, 0.717) is 0 Å². The molecule has 0 aliphatic rings. The molecule has 0 saturated carbocycles. The lowest BCUT2D eigenvalue weighted by Crippen LogP contribution is -2.31. The number of para-hydroxylation sites is 1. The Hall–Kier alpha value is -1.67. The number of hydrogen-bond acceptors (Lipinski definition) is 4. The summed E-state index contributed by atoms with van der Waals surface area (Å²) in [5, 5.41) is 9.71. The lowest BCUT2D eigenvalue weighted by Gasteiger charge is -2.10. The van der Waals surface area contributed by atoms with Crippen LogP contribution in [0.15, 0.2) is 18.2 Å². The van der Waals surface area contributed by atoms with Gasteiger partial charge in [-0.2, -0.15) is 0 Å². The van der Waals surface area contributed by atoms with Crippen LogP contribution in [-0.4, -0.2) is 33.7 Å². The molecule has 8 heteroatoms. The maximum absolute atomic E-state index is 13.4. The molecule has 0 unspecified atom stereocenters. The largest absolute Gasteiger partial charge is 0.385 e. The van der Waals surface area contributed by atoms with Crippen molar-refractivity contribution in [2.45, 2.75) is 0 Å². The zero-order chi connectivity index (χ0) is 13.8. The van der Waals surface area contributed by atoms with Crippen LogP contribution in [-0.2, 0) is 10.0 Å². The molecule has 6 nitrogen and oxygen atoms in total. The number of rotatable bonds is 5. The van der Waals surface area contributed by atoms with E-state index in [0.717, 1.165) is 0 Å². The van der Waals surface area contributed by atoms with Gasteiger partial charge in [0, 0.05) is 13.6 Å². The number of sulfonamides is 1. The van der Waals surface area contributed by atoms with Crippen molar-refractivity contribution < 1.29 is 17.6 Å². The zero-order valence-electron chi connectivity index (χ0n) is 9.73. The highest BCUT2D eigenvalue weighted by Gasteiger charge is 2.14. The fourth-order valence-corrected chi connectivity index (χ4v) is 1.76. The van der Waals surface area contributed by atoms with Gasteiger partial charge in [0.25, 0.3) is 5.91 Å². The van der Waals surface area contributed by atoms with Gasteiger partial charge >= 0.3 is 0 Å². The van der Waals surface area contributed by atoms with Gasteiger partial charge in [-0.1, -0.05) is 6.07 Å². The number of anilines is 1. The van der Waals surface area contributed by atoms with Gasteiger partial charge in [0.15, 0.2) is 0 Å². The Kier molecular flexibility index (Phi) is 4.62. The number of nitrogens with two attached hydrogens (primary N) is 1. The molecule has 0 heterocycles. The second-order valence-electron chi connectivity index (χ2n) is 3.54. The van der Waals surface area contributed by atoms with Crippen LogP contribution in [0.2, 0.25) is 0 Å². The van der Waals surface area contributed by atoms with Crippen LogP contribution in [0.1, 0.15) is 10.4 Å². The molecule has 1 amide bonds. The van der Waals surface area contributed by atoms with Crippen molar-refractivity contribution in [2.24, 2.45) is 5.14 Å². The van der Waals surface area contributed by atoms with E-state index in [1.165, 1.54) is 25.2 Å². The van der Waals surface area contributed by atoms with E-state index in [9.17, 15) is 17.6 Å². The molecule has 100 valence electrons. The highest BCUT2D eigenvalue weighted by Crippen LogP contribution is 2.18. The maximum Gasteiger partial charge on any atom is 0.253 e. The number of halogens is 1. The molecular formula is C10H14FN3O3S. The Bertz CT molecular complexity index is 545. The van der Waals surface area contributed by atoms with Gasteiger partial charge in [-0.3, -0.25) is 4.79 Å². The molecule has 18 heavy (non-hydrogen) atoms. The summed E-state index contributed by atoms with van der Waals surface area (Å²) in [4.78, 5) is 11.7. The first-order chi connectivity index (χ1) is 8.35. The van der Waals surface area contributed by atoms with Crippen molar-refractivity contribution >= 4 is 21.6 Å². The van der Waals surface area contributed by atoms with Crippen LogP contribution in [0.5, 0.6) is 0 Å². The second kappa shape index (κ2) is 5.78. The molecule has 0 aromatic heterocycles. The van der Waals surface area contributed by atoms with E-state index in [-0.39, 0.29) is 23.5 Å². The number of nitrogens with one attached hydrogen (secondary N) is 2. The van der Waals surface area contributed by atoms with E-state index in [1.807, 2.05) is 0 Å². The van der Waals surface area contributed by atoms with Gasteiger partial charge in [-0.25, -0.2) is 17.9 Å². The smallest absolute Gasteiger partial charge is 0.253 e. The molecule has 0 radical (unpaired) electrons. The van der Waals surface area contributed by atoms with Gasteiger partial charge in [-0.05, 0) is 12.1 Å². The van der Waals surface area contributed by atoms with Crippen molar-refractivity contribution in [1.82, 2.24) is 5.32 Å². The maximum atomic E-state index is 13.4. The molecule has 0 bridgehead atoms. The Morgan fingerprint density at radius 3 is 2.67 bits per heavy atom. The second-order valence-corrected chi connectivity index (χ2v) is 5.27. The summed E-state index contributed by atoms with van der Waals surface area (Å²) in [6, 6.07) is 4.04. The third-order valence-corrected chi connectivity index (χ3v) is 2.95. The molecule has 0 spiro atoms. The highest BCUT2D eigenvalue weighted by atomic mass is 32.2. The number of benzene rings is 1. The molecule has 1 rings (SSSR count). The van der Waals surface area contributed by atoms with Crippen LogP contribution in [0.3, 0.4) is 0 Å². The van der Waals surface area contributed by atoms with Crippen LogP contribution in [0.25, 0.3) is 0 Å². The van der Waals surface area contributed by atoms with Crippen molar-refractivity contribution in [3.63, 3.8) is 0 Å². The van der Waals surface area contributed by atoms with Crippen molar-refractivity contribution in [3.8, 4) is 0 Å². The summed E-state index contributed by atoms with van der Waals surface area (Å²) in [6.45, 7) is -0.128. The summed E-state index contributed by atoms with van der Waals surface area (Å²) < 4.78 is 34.7. The fraction of sp³-hybridized carbons (Fsp3) is 0.300. The Labute approximate surface area is 104 Å². The van der Waals surface area contributed by atoms with E-state index in [2.05, 4.69) is 10.6 Å². The molecule has 1 aromatic rings. The predicted molar refractivity (Wildman–Crippen MR) is 66.3 cm³/mol. The van der Waals surface area contributed by atoms with Gasteiger partial charge in [0.05, 0.1) is 17.0 Å². The van der Waals surface area contributed by atoms with Crippen molar-refractivity contribution in [3.05, 3.63) is 29.6 Å². The topological polar surface area (TPSA) is 101 Å². The summed E-state index contributed by atoms with van der Waals surface area (Å²) >= 11 is 0. The van der Waals surface area contributed by atoms with Crippen LogP contribution < -0.4 is 15.8 Å².